The third-order valence-corrected chi connectivity index (χ3v) is 3.18. The number of aryl methyl sites for hydroxylation is 1. The first-order valence-corrected chi connectivity index (χ1v) is 6.67. The summed E-state index contributed by atoms with van der Waals surface area (Å²) in [5.74, 6) is -0.486. The SMILES string of the molecule is Nc1ccccc1CCC(=O)Nc1ccccc1C(F)(F)F. The third kappa shape index (κ3) is 4.00. The van der Waals surface area contributed by atoms with Crippen LogP contribution in [0.25, 0.3) is 0 Å². The zero-order valence-corrected chi connectivity index (χ0v) is 11.7. The second-order valence-electron chi connectivity index (χ2n) is 4.79. The van der Waals surface area contributed by atoms with Crippen molar-refractivity contribution in [1.29, 1.82) is 0 Å². The first-order chi connectivity index (χ1) is 10.4. The number of carbonyl (C=O) groups excluding carboxylic acids is 1. The number of benzene rings is 2. The smallest absolute Gasteiger partial charge is 0.399 e. The number of hydrogen-bond donors (Lipinski definition) is 2. The van der Waals surface area contributed by atoms with Gasteiger partial charge < -0.3 is 11.1 Å². The lowest BCUT2D eigenvalue weighted by molar-refractivity contribution is -0.137. The Morgan fingerprint density at radius 2 is 1.68 bits per heavy atom. The number of hydrogen-bond acceptors (Lipinski definition) is 2. The predicted molar refractivity (Wildman–Crippen MR) is 79.2 cm³/mol. The fraction of sp³-hybridized carbons (Fsp3) is 0.188. The molecule has 0 aliphatic heterocycles. The molecule has 2 aromatic rings. The molecule has 0 atom stereocenters. The van der Waals surface area contributed by atoms with Crippen LogP contribution in [0.4, 0.5) is 24.5 Å². The zero-order chi connectivity index (χ0) is 16.2. The van der Waals surface area contributed by atoms with E-state index in [0.717, 1.165) is 11.6 Å². The maximum absolute atomic E-state index is 12.8. The van der Waals surface area contributed by atoms with Gasteiger partial charge in [-0.15, -0.1) is 0 Å². The molecule has 3 nitrogen and oxygen atoms in total. The molecule has 0 bridgehead atoms. The van der Waals surface area contributed by atoms with Crippen LogP contribution >= 0.6 is 0 Å². The highest BCUT2D eigenvalue weighted by Crippen LogP contribution is 2.34. The second kappa shape index (κ2) is 6.51. The minimum Gasteiger partial charge on any atom is -0.399 e. The fourth-order valence-corrected chi connectivity index (χ4v) is 2.06. The highest BCUT2D eigenvalue weighted by atomic mass is 19.4. The van der Waals surface area contributed by atoms with Crippen LogP contribution in [0.3, 0.4) is 0 Å². The first kappa shape index (κ1) is 15.9. The van der Waals surface area contributed by atoms with Crippen molar-refractivity contribution in [2.45, 2.75) is 19.0 Å². The van der Waals surface area contributed by atoms with Gasteiger partial charge in [-0.1, -0.05) is 30.3 Å². The van der Waals surface area contributed by atoms with Gasteiger partial charge in [0.25, 0.3) is 0 Å². The van der Waals surface area contributed by atoms with E-state index in [1.165, 1.54) is 18.2 Å². The highest BCUT2D eigenvalue weighted by Gasteiger charge is 2.33. The molecule has 0 saturated carbocycles. The molecule has 2 rings (SSSR count). The molecular formula is C16H15F3N2O. The quantitative estimate of drug-likeness (QED) is 0.843. The van der Waals surface area contributed by atoms with Gasteiger partial charge in [0, 0.05) is 12.1 Å². The van der Waals surface area contributed by atoms with Crippen LogP contribution in [-0.4, -0.2) is 5.91 Å². The van der Waals surface area contributed by atoms with Crippen LogP contribution in [0.5, 0.6) is 0 Å². The molecule has 0 saturated heterocycles. The lowest BCUT2D eigenvalue weighted by atomic mass is 10.1. The number of halogens is 3. The average Bonchev–Trinajstić information content (AvgIpc) is 2.46. The number of nitrogens with one attached hydrogen (secondary N) is 1. The summed E-state index contributed by atoms with van der Waals surface area (Å²) in [6.07, 6.45) is -4.08. The average molecular weight is 308 g/mol. The fourth-order valence-electron chi connectivity index (χ4n) is 2.06. The van der Waals surface area contributed by atoms with Crippen LogP contribution < -0.4 is 11.1 Å². The van der Waals surface area contributed by atoms with E-state index >= 15 is 0 Å². The van der Waals surface area contributed by atoms with Gasteiger partial charge in [0.15, 0.2) is 0 Å². The Hall–Kier alpha value is -2.50. The Labute approximate surface area is 125 Å². The summed E-state index contributed by atoms with van der Waals surface area (Å²) in [6, 6.07) is 12.0. The number of nitrogen functional groups attached to an aromatic ring is 1. The largest absolute Gasteiger partial charge is 0.418 e. The predicted octanol–water partition coefficient (Wildman–Crippen LogP) is 3.86. The van der Waals surface area contributed by atoms with Crippen LogP contribution in [0, 0.1) is 0 Å². The Balaban J connectivity index is 2.03. The molecule has 0 unspecified atom stereocenters. The Morgan fingerprint density at radius 1 is 1.05 bits per heavy atom. The van der Waals surface area contributed by atoms with Gasteiger partial charge in [-0.2, -0.15) is 13.2 Å². The van der Waals surface area contributed by atoms with Crippen molar-refractivity contribution in [3.05, 3.63) is 59.7 Å². The molecule has 0 radical (unpaired) electrons. The number of nitrogens with two attached hydrogens (primary N) is 1. The molecule has 22 heavy (non-hydrogen) atoms. The summed E-state index contributed by atoms with van der Waals surface area (Å²) in [7, 11) is 0. The highest BCUT2D eigenvalue weighted by molar-refractivity contribution is 5.91. The van der Waals surface area contributed by atoms with Gasteiger partial charge in [0.05, 0.1) is 11.3 Å². The van der Waals surface area contributed by atoms with Crippen molar-refractivity contribution in [2.24, 2.45) is 0 Å². The standard InChI is InChI=1S/C16H15F3N2O/c17-16(18,19)12-6-2-4-8-14(12)21-15(22)10-9-11-5-1-3-7-13(11)20/h1-8H,9-10,20H2,(H,21,22). The summed E-state index contributed by atoms with van der Waals surface area (Å²) >= 11 is 0. The zero-order valence-electron chi connectivity index (χ0n) is 11.7. The van der Waals surface area contributed by atoms with Crippen molar-refractivity contribution in [1.82, 2.24) is 0 Å². The Bertz CT molecular complexity index is 668. The molecule has 0 fully saturated rings. The molecule has 0 aromatic heterocycles. The van der Waals surface area contributed by atoms with Crippen molar-refractivity contribution in [3.8, 4) is 0 Å². The molecular weight excluding hydrogens is 293 g/mol. The monoisotopic (exact) mass is 308 g/mol. The van der Waals surface area contributed by atoms with Crippen LogP contribution in [-0.2, 0) is 17.4 Å². The van der Waals surface area contributed by atoms with E-state index in [4.69, 9.17) is 5.73 Å². The number of rotatable bonds is 4. The van der Waals surface area contributed by atoms with E-state index in [1.54, 1.807) is 24.3 Å². The van der Waals surface area contributed by atoms with Crippen LogP contribution in [0.1, 0.15) is 17.5 Å². The summed E-state index contributed by atoms with van der Waals surface area (Å²) in [5.41, 5.74) is 6.02. The van der Waals surface area contributed by atoms with Crippen LogP contribution in [0.15, 0.2) is 48.5 Å². The maximum atomic E-state index is 12.8. The van der Waals surface area contributed by atoms with E-state index in [0.29, 0.717) is 12.1 Å². The van der Waals surface area contributed by atoms with Gasteiger partial charge in [-0.3, -0.25) is 4.79 Å². The van der Waals surface area contributed by atoms with Crippen molar-refractivity contribution < 1.29 is 18.0 Å². The Kier molecular flexibility index (Phi) is 4.70. The van der Waals surface area contributed by atoms with Crippen molar-refractivity contribution in [3.63, 3.8) is 0 Å². The summed E-state index contributed by atoms with van der Waals surface area (Å²) in [6.45, 7) is 0. The molecule has 0 spiro atoms. The van der Waals surface area contributed by atoms with E-state index in [1.807, 2.05) is 0 Å². The lowest BCUT2D eigenvalue weighted by Crippen LogP contribution is -2.17. The molecule has 0 heterocycles. The number of anilines is 2. The van der Waals surface area contributed by atoms with Gasteiger partial charge in [-0.05, 0) is 30.2 Å². The summed E-state index contributed by atoms with van der Waals surface area (Å²) in [4.78, 5) is 11.9. The summed E-state index contributed by atoms with van der Waals surface area (Å²) < 4.78 is 38.5. The number of para-hydroxylation sites is 2. The number of amides is 1. The lowest BCUT2D eigenvalue weighted by Gasteiger charge is -2.13. The minimum absolute atomic E-state index is 0.0560. The van der Waals surface area contributed by atoms with Crippen molar-refractivity contribution in [2.75, 3.05) is 11.1 Å². The minimum atomic E-state index is -4.51. The number of alkyl halides is 3. The molecule has 0 aliphatic rings. The van der Waals surface area contributed by atoms with Crippen LogP contribution in [0.2, 0.25) is 0 Å². The first-order valence-electron chi connectivity index (χ1n) is 6.67. The maximum Gasteiger partial charge on any atom is 0.418 e. The van der Waals surface area contributed by atoms with Gasteiger partial charge in [-0.25, -0.2) is 0 Å². The molecule has 6 heteroatoms. The molecule has 0 aliphatic carbocycles. The van der Waals surface area contributed by atoms with E-state index in [9.17, 15) is 18.0 Å². The molecule has 1 amide bonds. The second-order valence-corrected chi connectivity index (χ2v) is 4.79. The van der Waals surface area contributed by atoms with E-state index < -0.39 is 17.6 Å². The topological polar surface area (TPSA) is 55.1 Å². The summed E-state index contributed by atoms with van der Waals surface area (Å²) in [5, 5.41) is 2.31. The van der Waals surface area contributed by atoms with Gasteiger partial charge in [0.2, 0.25) is 5.91 Å². The van der Waals surface area contributed by atoms with Gasteiger partial charge in [0.1, 0.15) is 0 Å². The molecule has 116 valence electrons. The van der Waals surface area contributed by atoms with E-state index in [2.05, 4.69) is 5.32 Å². The van der Waals surface area contributed by atoms with Gasteiger partial charge >= 0.3 is 6.18 Å². The Morgan fingerprint density at radius 3 is 2.36 bits per heavy atom. The normalized spacial score (nSPS) is 11.2. The van der Waals surface area contributed by atoms with E-state index in [-0.39, 0.29) is 12.1 Å². The number of carbonyl (C=O) groups is 1. The molecule has 2 aromatic carbocycles. The molecule has 3 N–H and O–H groups in total. The van der Waals surface area contributed by atoms with Crippen molar-refractivity contribution >= 4 is 17.3 Å². The third-order valence-electron chi connectivity index (χ3n) is 3.18.